The van der Waals surface area contributed by atoms with Crippen LogP contribution >= 0.6 is 12.4 Å². The van der Waals surface area contributed by atoms with Crippen LogP contribution in [0.25, 0.3) is 0 Å². The molecule has 0 aromatic heterocycles. The van der Waals surface area contributed by atoms with Crippen molar-refractivity contribution < 1.29 is 9.18 Å². The lowest BCUT2D eigenvalue weighted by atomic mass is 9.98. The van der Waals surface area contributed by atoms with E-state index in [0.29, 0.717) is 0 Å². The number of nitrogens with one attached hydrogen (secondary N) is 1. The van der Waals surface area contributed by atoms with Gasteiger partial charge in [-0.1, -0.05) is 12.1 Å². The maximum absolute atomic E-state index is 13.2. The highest BCUT2D eigenvalue weighted by molar-refractivity contribution is 5.85. The summed E-state index contributed by atoms with van der Waals surface area (Å²) >= 11 is 0. The molecule has 0 aliphatic carbocycles. The van der Waals surface area contributed by atoms with Gasteiger partial charge in [0.2, 0.25) is 5.91 Å². The van der Waals surface area contributed by atoms with Gasteiger partial charge in [-0.05, 0) is 31.5 Å². The van der Waals surface area contributed by atoms with Crippen LogP contribution in [-0.2, 0) is 4.79 Å². The van der Waals surface area contributed by atoms with Crippen LogP contribution in [0.1, 0.15) is 25.3 Å². The predicted molar refractivity (Wildman–Crippen MR) is 76.1 cm³/mol. The van der Waals surface area contributed by atoms with Gasteiger partial charge in [0.1, 0.15) is 5.82 Å². The van der Waals surface area contributed by atoms with Gasteiger partial charge in [0, 0.05) is 25.7 Å². The largest absolute Gasteiger partial charge is 0.337 e. The third-order valence-electron chi connectivity index (χ3n) is 3.50. The number of halogens is 2. The van der Waals surface area contributed by atoms with Crippen LogP contribution in [0.15, 0.2) is 24.3 Å². The zero-order chi connectivity index (χ0) is 13.1. The molecule has 5 heteroatoms. The first-order valence-corrected chi connectivity index (χ1v) is 6.36. The van der Waals surface area contributed by atoms with Gasteiger partial charge in [-0.2, -0.15) is 0 Å². The van der Waals surface area contributed by atoms with Crippen molar-refractivity contribution in [3.63, 3.8) is 0 Å². The summed E-state index contributed by atoms with van der Waals surface area (Å²) in [5.74, 6) is -0.503. The van der Waals surface area contributed by atoms with Crippen LogP contribution in [0.4, 0.5) is 4.39 Å². The standard InChI is InChI=1S/C14H19FN2O.ClH/c1-10-9-16-6-7-17(10)14(18)11(2)12-4-3-5-13(15)8-12;/h3-5,8,10-11,16H,6-7,9H2,1-2H3;1H/t10-,11?;/m0./s1. The third kappa shape index (κ3) is 3.67. The molecule has 2 atom stereocenters. The smallest absolute Gasteiger partial charge is 0.230 e. The molecule has 0 bridgehead atoms. The molecular formula is C14H20ClFN2O. The minimum atomic E-state index is -0.291. The lowest BCUT2D eigenvalue weighted by Crippen LogP contribution is -2.53. The number of carbonyl (C=O) groups excluding carboxylic acids is 1. The summed E-state index contributed by atoms with van der Waals surface area (Å²) in [5.41, 5.74) is 0.741. The minimum absolute atomic E-state index is 0. The Bertz CT molecular complexity index is 441. The average Bonchev–Trinajstić information content (AvgIpc) is 2.37. The highest BCUT2D eigenvalue weighted by atomic mass is 35.5. The second-order valence-corrected chi connectivity index (χ2v) is 4.86. The lowest BCUT2D eigenvalue weighted by molar-refractivity contribution is -0.135. The van der Waals surface area contributed by atoms with Crippen molar-refractivity contribution in [1.82, 2.24) is 10.2 Å². The van der Waals surface area contributed by atoms with E-state index in [1.807, 2.05) is 18.7 Å². The van der Waals surface area contributed by atoms with E-state index in [-0.39, 0.29) is 36.1 Å². The molecule has 1 saturated heterocycles. The van der Waals surface area contributed by atoms with E-state index in [0.717, 1.165) is 25.2 Å². The first-order chi connectivity index (χ1) is 8.59. The van der Waals surface area contributed by atoms with Gasteiger partial charge in [0.15, 0.2) is 0 Å². The molecule has 1 aromatic rings. The molecule has 0 saturated carbocycles. The summed E-state index contributed by atoms with van der Waals surface area (Å²) in [5, 5.41) is 3.25. The zero-order valence-electron chi connectivity index (χ0n) is 11.2. The van der Waals surface area contributed by atoms with Crippen LogP contribution in [-0.4, -0.2) is 36.5 Å². The summed E-state index contributed by atoms with van der Waals surface area (Å²) in [4.78, 5) is 14.3. The minimum Gasteiger partial charge on any atom is -0.337 e. The molecular weight excluding hydrogens is 267 g/mol. The molecule has 0 spiro atoms. The Hall–Kier alpha value is -1.13. The van der Waals surface area contributed by atoms with Gasteiger partial charge >= 0.3 is 0 Å². The highest BCUT2D eigenvalue weighted by Crippen LogP contribution is 2.20. The number of piperazine rings is 1. The fourth-order valence-electron chi connectivity index (χ4n) is 2.34. The topological polar surface area (TPSA) is 32.3 Å². The summed E-state index contributed by atoms with van der Waals surface area (Å²) in [6.07, 6.45) is 0. The Kier molecular flexibility index (Phi) is 5.76. The van der Waals surface area contributed by atoms with E-state index in [9.17, 15) is 9.18 Å². The Labute approximate surface area is 119 Å². The van der Waals surface area contributed by atoms with E-state index in [4.69, 9.17) is 0 Å². The number of rotatable bonds is 2. The van der Waals surface area contributed by atoms with Crippen molar-refractivity contribution >= 4 is 18.3 Å². The molecule has 1 N–H and O–H groups in total. The van der Waals surface area contributed by atoms with Crippen molar-refractivity contribution in [1.29, 1.82) is 0 Å². The molecule has 3 nitrogen and oxygen atoms in total. The first-order valence-electron chi connectivity index (χ1n) is 6.36. The molecule has 1 aromatic carbocycles. The van der Waals surface area contributed by atoms with Gasteiger partial charge in [-0.25, -0.2) is 4.39 Å². The van der Waals surface area contributed by atoms with E-state index in [1.165, 1.54) is 12.1 Å². The van der Waals surface area contributed by atoms with Crippen LogP contribution < -0.4 is 5.32 Å². The van der Waals surface area contributed by atoms with E-state index in [2.05, 4.69) is 5.32 Å². The van der Waals surface area contributed by atoms with E-state index >= 15 is 0 Å². The molecule has 1 aliphatic rings. The summed E-state index contributed by atoms with van der Waals surface area (Å²) < 4.78 is 13.2. The molecule has 1 unspecified atom stereocenters. The van der Waals surface area contributed by atoms with Gasteiger partial charge < -0.3 is 10.2 Å². The molecule has 2 rings (SSSR count). The normalized spacial score (nSPS) is 20.6. The maximum Gasteiger partial charge on any atom is 0.230 e. The lowest BCUT2D eigenvalue weighted by Gasteiger charge is -2.35. The first kappa shape index (κ1) is 15.9. The number of hydrogen-bond acceptors (Lipinski definition) is 2. The van der Waals surface area contributed by atoms with Crippen molar-refractivity contribution in [2.75, 3.05) is 19.6 Å². The van der Waals surface area contributed by atoms with Gasteiger partial charge in [0.25, 0.3) is 0 Å². The fourth-order valence-corrected chi connectivity index (χ4v) is 2.34. The highest BCUT2D eigenvalue weighted by Gasteiger charge is 2.27. The van der Waals surface area contributed by atoms with Gasteiger partial charge in [-0.15, -0.1) is 12.4 Å². The van der Waals surface area contributed by atoms with Gasteiger partial charge in [-0.3, -0.25) is 4.79 Å². The van der Waals surface area contributed by atoms with Crippen molar-refractivity contribution in [3.8, 4) is 0 Å². The molecule has 19 heavy (non-hydrogen) atoms. The van der Waals surface area contributed by atoms with Crippen molar-refractivity contribution in [2.24, 2.45) is 0 Å². The average molecular weight is 287 g/mol. The molecule has 1 amide bonds. The van der Waals surface area contributed by atoms with Crippen LogP contribution in [0, 0.1) is 5.82 Å². The van der Waals surface area contributed by atoms with Crippen LogP contribution in [0.5, 0.6) is 0 Å². The monoisotopic (exact) mass is 286 g/mol. The SMILES string of the molecule is CC(C(=O)N1CCNC[C@@H]1C)c1cccc(F)c1.Cl. The zero-order valence-corrected chi connectivity index (χ0v) is 12.0. The molecule has 1 heterocycles. The predicted octanol–water partition coefficient (Wildman–Crippen LogP) is 2.17. The second-order valence-electron chi connectivity index (χ2n) is 4.86. The summed E-state index contributed by atoms with van der Waals surface area (Å²) in [6.45, 7) is 6.24. The molecule has 1 aliphatic heterocycles. The Morgan fingerprint density at radius 3 is 2.89 bits per heavy atom. The maximum atomic E-state index is 13.2. The second kappa shape index (κ2) is 6.87. The number of carbonyl (C=O) groups is 1. The Morgan fingerprint density at radius 2 is 2.26 bits per heavy atom. The number of benzene rings is 1. The number of amides is 1. The Morgan fingerprint density at radius 1 is 1.53 bits per heavy atom. The summed E-state index contributed by atoms with van der Waals surface area (Å²) in [6, 6.07) is 6.49. The summed E-state index contributed by atoms with van der Waals surface area (Å²) in [7, 11) is 0. The van der Waals surface area contributed by atoms with Crippen LogP contribution in [0.3, 0.4) is 0 Å². The van der Waals surface area contributed by atoms with Crippen LogP contribution in [0.2, 0.25) is 0 Å². The number of nitrogens with zero attached hydrogens (tertiary/aromatic N) is 1. The molecule has 0 radical (unpaired) electrons. The van der Waals surface area contributed by atoms with Gasteiger partial charge in [0.05, 0.1) is 5.92 Å². The number of hydrogen-bond donors (Lipinski definition) is 1. The molecule has 106 valence electrons. The fraction of sp³-hybridized carbons (Fsp3) is 0.500. The molecule has 1 fully saturated rings. The van der Waals surface area contributed by atoms with E-state index in [1.54, 1.807) is 12.1 Å². The van der Waals surface area contributed by atoms with Crippen molar-refractivity contribution in [3.05, 3.63) is 35.6 Å². The Balaban J connectivity index is 0.00000180. The quantitative estimate of drug-likeness (QED) is 0.904. The third-order valence-corrected chi connectivity index (χ3v) is 3.50. The van der Waals surface area contributed by atoms with Crippen molar-refractivity contribution in [2.45, 2.75) is 25.8 Å². The van der Waals surface area contributed by atoms with E-state index < -0.39 is 0 Å².